The lowest BCUT2D eigenvalue weighted by Crippen LogP contribution is -1.93. The SMILES string of the molecule is CCCC(Cl)c1noc(-c2ccc(F)cc2C)n1. The van der Waals surface area contributed by atoms with E-state index < -0.39 is 0 Å². The number of alkyl halides is 1. The number of hydrogen-bond acceptors (Lipinski definition) is 3. The van der Waals surface area contributed by atoms with Gasteiger partial charge in [-0.05, 0) is 37.1 Å². The summed E-state index contributed by atoms with van der Waals surface area (Å²) in [5.41, 5.74) is 1.49. The van der Waals surface area contributed by atoms with Crippen LogP contribution < -0.4 is 0 Å². The van der Waals surface area contributed by atoms with Crippen LogP contribution in [0.1, 0.15) is 36.5 Å². The first-order valence-electron chi connectivity index (χ1n) is 5.86. The first kappa shape index (κ1) is 13.0. The third-order valence-corrected chi connectivity index (χ3v) is 3.10. The molecule has 0 saturated carbocycles. The number of aryl methyl sites for hydroxylation is 1. The molecule has 0 aliphatic heterocycles. The van der Waals surface area contributed by atoms with Crippen molar-refractivity contribution < 1.29 is 8.91 Å². The smallest absolute Gasteiger partial charge is 0.258 e. The Hall–Kier alpha value is -1.42. The first-order chi connectivity index (χ1) is 8.61. The summed E-state index contributed by atoms with van der Waals surface area (Å²) < 4.78 is 18.2. The van der Waals surface area contributed by atoms with Gasteiger partial charge in [-0.15, -0.1) is 11.6 Å². The zero-order valence-electron chi connectivity index (χ0n) is 10.3. The number of aromatic nitrogens is 2. The summed E-state index contributed by atoms with van der Waals surface area (Å²) in [6.45, 7) is 3.84. The van der Waals surface area contributed by atoms with Gasteiger partial charge in [0.2, 0.25) is 0 Å². The zero-order chi connectivity index (χ0) is 13.1. The van der Waals surface area contributed by atoms with Gasteiger partial charge < -0.3 is 4.52 Å². The highest BCUT2D eigenvalue weighted by Gasteiger charge is 2.17. The van der Waals surface area contributed by atoms with Crippen LogP contribution in [0.4, 0.5) is 4.39 Å². The lowest BCUT2D eigenvalue weighted by atomic mass is 10.1. The van der Waals surface area contributed by atoms with Crippen LogP contribution in [0, 0.1) is 12.7 Å². The van der Waals surface area contributed by atoms with Crippen LogP contribution in [0.5, 0.6) is 0 Å². The van der Waals surface area contributed by atoms with E-state index in [1.807, 2.05) is 6.92 Å². The Kier molecular flexibility index (Phi) is 3.97. The maximum absolute atomic E-state index is 13.0. The van der Waals surface area contributed by atoms with E-state index in [9.17, 15) is 4.39 Å². The van der Waals surface area contributed by atoms with Crippen molar-refractivity contribution >= 4 is 11.6 Å². The van der Waals surface area contributed by atoms with E-state index in [1.54, 1.807) is 13.0 Å². The van der Waals surface area contributed by atoms with E-state index in [2.05, 4.69) is 10.1 Å². The highest BCUT2D eigenvalue weighted by molar-refractivity contribution is 6.20. The lowest BCUT2D eigenvalue weighted by molar-refractivity contribution is 0.420. The predicted octanol–water partition coefficient (Wildman–Crippen LogP) is 4.26. The second kappa shape index (κ2) is 5.48. The third-order valence-electron chi connectivity index (χ3n) is 2.68. The van der Waals surface area contributed by atoms with Gasteiger partial charge in [-0.3, -0.25) is 0 Å². The van der Waals surface area contributed by atoms with Crippen LogP contribution in [-0.2, 0) is 0 Å². The van der Waals surface area contributed by atoms with Crippen molar-refractivity contribution in [3.8, 4) is 11.5 Å². The Balaban J connectivity index is 2.29. The van der Waals surface area contributed by atoms with Crippen LogP contribution in [0.15, 0.2) is 22.7 Å². The molecule has 0 fully saturated rings. The molecule has 18 heavy (non-hydrogen) atoms. The van der Waals surface area contributed by atoms with E-state index in [-0.39, 0.29) is 11.2 Å². The zero-order valence-corrected chi connectivity index (χ0v) is 11.0. The maximum atomic E-state index is 13.0. The van der Waals surface area contributed by atoms with E-state index in [1.165, 1.54) is 12.1 Å². The molecule has 0 saturated heterocycles. The number of hydrogen-bond donors (Lipinski definition) is 0. The van der Waals surface area contributed by atoms with Crippen LogP contribution in [0.2, 0.25) is 0 Å². The van der Waals surface area contributed by atoms with Crippen molar-refractivity contribution in [3.05, 3.63) is 35.4 Å². The fourth-order valence-corrected chi connectivity index (χ4v) is 2.03. The quantitative estimate of drug-likeness (QED) is 0.778. The molecule has 1 heterocycles. The van der Waals surface area contributed by atoms with Gasteiger partial charge >= 0.3 is 0 Å². The monoisotopic (exact) mass is 268 g/mol. The molecule has 5 heteroatoms. The molecule has 1 unspecified atom stereocenters. The summed E-state index contributed by atoms with van der Waals surface area (Å²) in [5.74, 6) is 0.582. The minimum absolute atomic E-state index is 0.242. The van der Waals surface area contributed by atoms with Crippen molar-refractivity contribution in [2.45, 2.75) is 32.1 Å². The maximum Gasteiger partial charge on any atom is 0.258 e. The van der Waals surface area contributed by atoms with Gasteiger partial charge in [-0.25, -0.2) is 4.39 Å². The number of nitrogens with zero attached hydrogens (tertiary/aromatic N) is 2. The highest BCUT2D eigenvalue weighted by Crippen LogP contribution is 2.27. The Bertz CT molecular complexity index is 542. The van der Waals surface area contributed by atoms with E-state index >= 15 is 0 Å². The number of rotatable bonds is 4. The Labute approximate surface area is 110 Å². The second-order valence-electron chi connectivity index (χ2n) is 4.17. The van der Waals surface area contributed by atoms with Crippen molar-refractivity contribution in [2.24, 2.45) is 0 Å². The molecule has 2 aromatic rings. The summed E-state index contributed by atoms with van der Waals surface area (Å²) >= 11 is 6.13. The Morgan fingerprint density at radius 2 is 2.22 bits per heavy atom. The molecule has 1 aromatic heterocycles. The Morgan fingerprint density at radius 1 is 1.44 bits per heavy atom. The molecular formula is C13H14ClFN2O. The summed E-state index contributed by atoms with van der Waals surface area (Å²) in [4.78, 5) is 4.26. The van der Waals surface area contributed by atoms with Crippen molar-refractivity contribution in [2.75, 3.05) is 0 Å². The standard InChI is InChI=1S/C13H14ClFN2O/c1-3-4-11(14)12-16-13(18-17-12)10-6-5-9(15)7-8(10)2/h5-7,11H,3-4H2,1-2H3. The first-order valence-corrected chi connectivity index (χ1v) is 6.29. The van der Waals surface area contributed by atoms with Gasteiger partial charge in [0.05, 0.1) is 5.38 Å². The Morgan fingerprint density at radius 3 is 2.89 bits per heavy atom. The summed E-state index contributed by atoms with van der Waals surface area (Å²) in [7, 11) is 0. The third kappa shape index (κ3) is 2.70. The van der Waals surface area contributed by atoms with E-state index in [4.69, 9.17) is 16.1 Å². The summed E-state index contributed by atoms with van der Waals surface area (Å²) in [6.07, 6.45) is 1.75. The van der Waals surface area contributed by atoms with Gasteiger partial charge in [0.25, 0.3) is 5.89 Å². The largest absolute Gasteiger partial charge is 0.334 e. The second-order valence-corrected chi connectivity index (χ2v) is 4.70. The molecule has 96 valence electrons. The van der Waals surface area contributed by atoms with Gasteiger partial charge in [0.15, 0.2) is 5.82 Å². The normalized spacial score (nSPS) is 12.7. The molecular weight excluding hydrogens is 255 g/mol. The molecule has 2 rings (SSSR count). The van der Waals surface area contributed by atoms with Gasteiger partial charge in [-0.1, -0.05) is 18.5 Å². The predicted molar refractivity (Wildman–Crippen MR) is 67.9 cm³/mol. The molecule has 0 radical (unpaired) electrons. The molecule has 0 aliphatic carbocycles. The van der Waals surface area contributed by atoms with Gasteiger partial charge in [0, 0.05) is 5.56 Å². The minimum Gasteiger partial charge on any atom is -0.334 e. The van der Waals surface area contributed by atoms with Crippen molar-refractivity contribution in [1.29, 1.82) is 0 Å². The van der Waals surface area contributed by atoms with Crippen LogP contribution in [-0.4, -0.2) is 10.1 Å². The lowest BCUT2D eigenvalue weighted by Gasteiger charge is -2.01. The number of halogens is 2. The molecule has 0 N–H and O–H groups in total. The molecule has 0 amide bonds. The average molecular weight is 269 g/mol. The fraction of sp³-hybridized carbons (Fsp3) is 0.385. The molecule has 3 nitrogen and oxygen atoms in total. The molecule has 1 aromatic carbocycles. The van der Waals surface area contributed by atoms with E-state index in [0.717, 1.165) is 24.0 Å². The fourth-order valence-electron chi connectivity index (χ4n) is 1.72. The topological polar surface area (TPSA) is 38.9 Å². The van der Waals surface area contributed by atoms with Crippen LogP contribution >= 0.6 is 11.6 Å². The highest BCUT2D eigenvalue weighted by atomic mass is 35.5. The van der Waals surface area contributed by atoms with Crippen molar-refractivity contribution in [1.82, 2.24) is 10.1 Å². The minimum atomic E-state index is -0.280. The van der Waals surface area contributed by atoms with Crippen LogP contribution in [0.3, 0.4) is 0 Å². The summed E-state index contributed by atoms with van der Waals surface area (Å²) in [5, 5.41) is 3.62. The van der Waals surface area contributed by atoms with Crippen molar-refractivity contribution in [3.63, 3.8) is 0 Å². The summed E-state index contributed by atoms with van der Waals surface area (Å²) in [6, 6.07) is 4.44. The van der Waals surface area contributed by atoms with E-state index in [0.29, 0.717) is 11.7 Å². The molecule has 0 bridgehead atoms. The number of benzene rings is 1. The van der Waals surface area contributed by atoms with Crippen LogP contribution in [0.25, 0.3) is 11.5 Å². The average Bonchev–Trinajstić information content (AvgIpc) is 2.78. The molecule has 0 aliphatic rings. The molecule has 0 spiro atoms. The molecule has 1 atom stereocenters. The van der Waals surface area contributed by atoms with Gasteiger partial charge in [0.1, 0.15) is 5.82 Å². The van der Waals surface area contributed by atoms with Gasteiger partial charge in [-0.2, -0.15) is 4.98 Å².